The zero-order valence-electron chi connectivity index (χ0n) is 12.9. The summed E-state index contributed by atoms with van der Waals surface area (Å²) in [7, 11) is 3.32. The van der Waals surface area contributed by atoms with Crippen LogP contribution in [0.5, 0.6) is 17.2 Å². The van der Waals surface area contributed by atoms with Crippen molar-refractivity contribution in [2.75, 3.05) is 40.4 Å². The molecule has 0 radical (unpaired) electrons. The fourth-order valence-corrected chi connectivity index (χ4v) is 3.47. The standard InChI is InChI=1S/C16H24N2O3/c1-19-13-4-3-12-5-6-16(21-14(12)15(13)20-2)7-9-18(11-16)10-8-17/h3-4H,5-11,17H2,1-2H3. The van der Waals surface area contributed by atoms with E-state index < -0.39 is 0 Å². The minimum atomic E-state index is -0.0954. The van der Waals surface area contributed by atoms with Gasteiger partial charge >= 0.3 is 0 Å². The third-order valence-electron chi connectivity index (χ3n) is 4.59. The number of fused-ring (bicyclic) bond motifs is 1. The average Bonchev–Trinajstić information content (AvgIpc) is 2.89. The molecule has 5 heteroatoms. The van der Waals surface area contributed by atoms with Crippen LogP contribution in [-0.4, -0.2) is 50.9 Å². The van der Waals surface area contributed by atoms with Gasteiger partial charge in [0.25, 0.3) is 0 Å². The zero-order chi connectivity index (χ0) is 14.9. The van der Waals surface area contributed by atoms with E-state index in [0.29, 0.717) is 12.3 Å². The van der Waals surface area contributed by atoms with Crippen molar-refractivity contribution in [1.82, 2.24) is 4.90 Å². The normalized spacial score (nSPS) is 24.7. The summed E-state index contributed by atoms with van der Waals surface area (Å²) in [5, 5.41) is 0. The lowest BCUT2D eigenvalue weighted by Crippen LogP contribution is -2.43. The van der Waals surface area contributed by atoms with Crippen molar-refractivity contribution in [2.24, 2.45) is 5.73 Å². The smallest absolute Gasteiger partial charge is 0.203 e. The molecule has 2 aliphatic rings. The Morgan fingerprint density at radius 3 is 2.86 bits per heavy atom. The summed E-state index contributed by atoms with van der Waals surface area (Å²) in [5.74, 6) is 2.30. The first-order valence-electron chi connectivity index (χ1n) is 7.56. The van der Waals surface area contributed by atoms with E-state index in [2.05, 4.69) is 11.0 Å². The number of hydrogen-bond acceptors (Lipinski definition) is 5. The maximum absolute atomic E-state index is 6.43. The predicted octanol–water partition coefficient (Wildman–Crippen LogP) is 1.43. The number of ether oxygens (including phenoxy) is 3. The van der Waals surface area contributed by atoms with E-state index in [1.165, 1.54) is 5.56 Å². The fourth-order valence-electron chi connectivity index (χ4n) is 3.47. The first-order chi connectivity index (χ1) is 10.2. The Morgan fingerprint density at radius 2 is 2.14 bits per heavy atom. The second-order valence-electron chi connectivity index (χ2n) is 5.89. The van der Waals surface area contributed by atoms with Gasteiger partial charge in [0.1, 0.15) is 5.60 Å². The third kappa shape index (κ3) is 2.56. The van der Waals surface area contributed by atoms with Gasteiger partial charge in [-0.3, -0.25) is 4.90 Å². The van der Waals surface area contributed by atoms with Crippen molar-refractivity contribution in [3.8, 4) is 17.2 Å². The maximum atomic E-state index is 6.43. The van der Waals surface area contributed by atoms with E-state index in [-0.39, 0.29) is 5.60 Å². The Kier molecular flexibility index (Phi) is 3.95. The Hall–Kier alpha value is -1.46. The summed E-state index contributed by atoms with van der Waals surface area (Å²) in [4.78, 5) is 2.39. The molecule has 1 aromatic carbocycles. The number of nitrogens with two attached hydrogens (primary N) is 1. The van der Waals surface area contributed by atoms with Crippen molar-refractivity contribution in [1.29, 1.82) is 0 Å². The second kappa shape index (κ2) is 5.73. The van der Waals surface area contributed by atoms with E-state index >= 15 is 0 Å². The highest BCUT2D eigenvalue weighted by atomic mass is 16.5. The molecule has 1 saturated heterocycles. The molecule has 0 aliphatic carbocycles. The summed E-state index contributed by atoms with van der Waals surface area (Å²) in [5.41, 5.74) is 6.78. The molecule has 1 unspecified atom stereocenters. The third-order valence-corrected chi connectivity index (χ3v) is 4.59. The molecule has 1 aromatic rings. The van der Waals surface area contributed by atoms with Gasteiger partial charge in [0.15, 0.2) is 11.5 Å². The van der Waals surface area contributed by atoms with E-state index in [0.717, 1.165) is 50.4 Å². The van der Waals surface area contributed by atoms with Gasteiger partial charge in [0.05, 0.1) is 14.2 Å². The fraction of sp³-hybridized carbons (Fsp3) is 0.625. The number of hydrogen-bond donors (Lipinski definition) is 1. The maximum Gasteiger partial charge on any atom is 0.203 e. The predicted molar refractivity (Wildman–Crippen MR) is 81.3 cm³/mol. The molecule has 0 bridgehead atoms. The largest absolute Gasteiger partial charge is 0.493 e. The van der Waals surface area contributed by atoms with Gasteiger partial charge in [-0.25, -0.2) is 0 Å². The highest BCUT2D eigenvalue weighted by molar-refractivity contribution is 5.57. The Balaban J connectivity index is 1.88. The molecule has 21 heavy (non-hydrogen) atoms. The van der Waals surface area contributed by atoms with Crippen LogP contribution < -0.4 is 19.9 Å². The van der Waals surface area contributed by atoms with Gasteiger partial charge in [-0.1, -0.05) is 6.07 Å². The summed E-state index contributed by atoms with van der Waals surface area (Å²) in [6, 6.07) is 4.03. The monoisotopic (exact) mass is 292 g/mol. The lowest BCUT2D eigenvalue weighted by atomic mass is 9.90. The number of nitrogens with zero attached hydrogens (tertiary/aromatic N) is 1. The number of likely N-dealkylation sites (tertiary alicyclic amines) is 1. The van der Waals surface area contributed by atoms with E-state index in [1.807, 2.05) is 6.07 Å². The van der Waals surface area contributed by atoms with Crippen LogP contribution in [0.1, 0.15) is 18.4 Å². The average molecular weight is 292 g/mol. The molecule has 0 saturated carbocycles. The molecular formula is C16H24N2O3. The lowest BCUT2D eigenvalue weighted by Gasteiger charge is -2.36. The summed E-state index contributed by atoms with van der Waals surface area (Å²) in [6.45, 7) is 3.64. The van der Waals surface area contributed by atoms with E-state index in [9.17, 15) is 0 Å². The van der Waals surface area contributed by atoms with Gasteiger partial charge < -0.3 is 19.9 Å². The van der Waals surface area contributed by atoms with Crippen LogP contribution in [0.4, 0.5) is 0 Å². The number of rotatable bonds is 4. The number of methoxy groups -OCH3 is 2. The molecule has 2 N–H and O–H groups in total. The van der Waals surface area contributed by atoms with Crippen molar-refractivity contribution in [2.45, 2.75) is 24.9 Å². The number of benzene rings is 1. The molecule has 0 amide bonds. The van der Waals surface area contributed by atoms with E-state index in [4.69, 9.17) is 19.9 Å². The Labute approximate surface area is 126 Å². The van der Waals surface area contributed by atoms with Crippen LogP contribution in [0.3, 0.4) is 0 Å². The van der Waals surface area contributed by atoms with Crippen molar-refractivity contribution >= 4 is 0 Å². The van der Waals surface area contributed by atoms with Crippen molar-refractivity contribution < 1.29 is 14.2 Å². The highest BCUT2D eigenvalue weighted by Gasteiger charge is 2.43. The molecule has 1 spiro atoms. The van der Waals surface area contributed by atoms with E-state index in [1.54, 1.807) is 14.2 Å². The van der Waals surface area contributed by atoms with Crippen LogP contribution in [0.25, 0.3) is 0 Å². The SMILES string of the molecule is COc1ccc2c(c1OC)OC1(CC2)CCN(CCN)C1. The van der Waals surface area contributed by atoms with Crippen molar-refractivity contribution in [3.63, 3.8) is 0 Å². The Bertz CT molecular complexity index is 520. The molecule has 116 valence electrons. The van der Waals surface area contributed by atoms with Crippen LogP contribution in [-0.2, 0) is 6.42 Å². The van der Waals surface area contributed by atoms with Gasteiger partial charge in [-0.2, -0.15) is 0 Å². The highest BCUT2D eigenvalue weighted by Crippen LogP contribution is 2.47. The van der Waals surface area contributed by atoms with Gasteiger partial charge in [-0.15, -0.1) is 0 Å². The first-order valence-corrected chi connectivity index (χ1v) is 7.56. The zero-order valence-corrected chi connectivity index (χ0v) is 12.9. The van der Waals surface area contributed by atoms with Gasteiger partial charge in [-0.05, 0) is 24.5 Å². The number of aryl methyl sites for hydroxylation is 1. The van der Waals surface area contributed by atoms with Crippen LogP contribution in [0.2, 0.25) is 0 Å². The minimum absolute atomic E-state index is 0.0954. The molecule has 2 aliphatic heterocycles. The van der Waals surface area contributed by atoms with Crippen LogP contribution >= 0.6 is 0 Å². The summed E-state index contributed by atoms with van der Waals surface area (Å²) < 4.78 is 17.3. The topological polar surface area (TPSA) is 57.0 Å². The lowest BCUT2D eigenvalue weighted by molar-refractivity contribution is 0.0511. The second-order valence-corrected chi connectivity index (χ2v) is 5.89. The molecule has 0 aromatic heterocycles. The minimum Gasteiger partial charge on any atom is -0.493 e. The molecule has 1 fully saturated rings. The van der Waals surface area contributed by atoms with Gasteiger partial charge in [0, 0.05) is 32.6 Å². The van der Waals surface area contributed by atoms with Crippen molar-refractivity contribution in [3.05, 3.63) is 17.7 Å². The first kappa shape index (κ1) is 14.5. The molecule has 1 atom stereocenters. The quantitative estimate of drug-likeness (QED) is 0.910. The van der Waals surface area contributed by atoms with Gasteiger partial charge in [0.2, 0.25) is 5.75 Å². The summed E-state index contributed by atoms with van der Waals surface area (Å²) in [6.07, 6.45) is 3.12. The Morgan fingerprint density at radius 1 is 1.29 bits per heavy atom. The van der Waals surface area contributed by atoms with Crippen LogP contribution in [0, 0.1) is 0 Å². The summed E-state index contributed by atoms with van der Waals surface area (Å²) >= 11 is 0. The molecular weight excluding hydrogens is 268 g/mol. The van der Waals surface area contributed by atoms with Crippen LogP contribution in [0.15, 0.2) is 12.1 Å². The molecule has 2 heterocycles. The molecule has 3 rings (SSSR count). The molecule has 5 nitrogen and oxygen atoms in total.